The van der Waals surface area contributed by atoms with Gasteiger partial charge in [0.25, 0.3) is 0 Å². The fourth-order valence-corrected chi connectivity index (χ4v) is 3.56. The molecule has 0 unspecified atom stereocenters. The maximum absolute atomic E-state index is 9.43. The van der Waals surface area contributed by atoms with E-state index in [2.05, 4.69) is 40.3 Å². The van der Waals surface area contributed by atoms with Gasteiger partial charge in [0, 0.05) is 12.0 Å². The summed E-state index contributed by atoms with van der Waals surface area (Å²) in [6.07, 6.45) is 1.73. The summed E-state index contributed by atoms with van der Waals surface area (Å²) in [5.41, 5.74) is 5.19. The van der Waals surface area contributed by atoms with Crippen molar-refractivity contribution in [1.29, 1.82) is 0 Å². The van der Waals surface area contributed by atoms with Crippen LogP contribution in [0, 0.1) is 13.8 Å². The largest absolute Gasteiger partial charge is 0.505 e. The van der Waals surface area contributed by atoms with Gasteiger partial charge in [-0.05, 0) is 60.6 Å². The van der Waals surface area contributed by atoms with Crippen molar-refractivity contribution in [3.63, 3.8) is 0 Å². The minimum Gasteiger partial charge on any atom is -0.505 e. The standard InChI is InChI=1S/C20H24O3/c1-12-10-18-19(20(4,5)8-9-22-18)13(2)16(12)11-15-6-7-17(23-15)14(3)21/h6-7,10,21H,3,8-9,11H2,1-2,4-5H3. The van der Waals surface area contributed by atoms with Crippen LogP contribution < -0.4 is 4.74 Å². The summed E-state index contributed by atoms with van der Waals surface area (Å²) in [7, 11) is 0. The van der Waals surface area contributed by atoms with E-state index in [-0.39, 0.29) is 11.2 Å². The Labute approximate surface area is 137 Å². The van der Waals surface area contributed by atoms with E-state index in [4.69, 9.17) is 9.15 Å². The van der Waals surface area contributed by atoms with E-state index in [0.29, 0.717) is 12.2 Å². The van der Waals surface area contributed by atoms with Gasteiger partial charge in [0.2, 0.25) is 0 Å². The van der Waals surface area contributed by atoms with E-state index in [0.717, 1.165) is 24.5 Å². The van der Waals surface area contributed by atoms with Crippen LogP contribution in [-0.2, 0) is 11.8 Å². The molecule has 3 nitrogen and oxygen atoms in total. The number of ether oxygens (including phenoxy) is 1. The molecule has 0 saturated heterocycles. The molecule has 2 heterocycles. The first kappa shape index (κ1) is 15.7. The first-order valence-corrected chi connectivity index (χ1v) is 8.03. The predicted molar refractivity (Wildman–Crippen MR) is 92.2 cm³/mol. The van der Waals surface area contributed by atoms with Gasteiger partial charge < -0.3 is 14.3 Å². The van der Waals surface area contributed by atoms with Gasteiger partial charge in [-0.2, -0.15) is 0 Å². The minimum absolute atomic E-state index is 0.0373. The molecule has 3 rings (SSSR count). The van der Waals surface area contributed by atoms with Crippen LogP contribution in [0.2, 0.25) is 0 Å². The zero-order valence-electron chi connectivity index (χ0n) is 14.3. The highest BCUT2D eigenvalue weighted by Crippen LogP contribution is 2.43. The molecule has 122 valence electrons. The van der Waals surface area contributed by atoms with Crippen molar-refractivity contribution in [1.82, 2.24) is 0 Å². The molecule has 0 spiro atoms. The van der Waals surface area contributed by atoms with E-state index in [1.54, 1.807) is 6.07 Å². The summed E-state index contributed by atoms with van der Waals surface area (Å²) in [6, 6.07) is 5.80. The van der Waals surface area contributed by atoms with E-state index >= 15 is 0 Å². The lowest BCUT2D eigenvalue weighted by Gasteiger charge is -2.35. The fraction of sp³-hybridized carbons (Fsp3) is 0.400. The molecular formula is C20H24O3. The third kappa shape index (κ3) is 2.76. The Kier molecular flexibility index (Phi) is 3.75. The van der Waals surface area contributed by atoms with Crippen LogP contribution in [0.3, 0.4) is 0 Å². The highest BCUT2D eigenvalue weighted by atomic mass is 16.5. The van der Waals surface area contributed by atoms with E-state index < -0.39 is 0 Å². The molecular weight excluding hydrogens is 288 g/mol. The third-order valence-corrected chi connectivity index (χ3v) is 4.86. The molecule has 23 heavy (non-hydrogen) atoms. The number of hydrogen-bond acceptors (Lipinski definition) is 3. The first-order chi connectivity index (χ1) is 10.8. The Hall–Kier alpha value is -2.16. The SMILES string of the molecule is C=C(O)c1ccc(Cc2c(C)cc3c(c2C)C(C)(C)CCO3)o1. The molecule has 0 fully saturated rings. The number of rotatable bonds is 3. The lowest BCUT2D eigenvalue weighted by Crippen LogP contribution is -2.28. The van der Waals surface area contributed by atoms with Crippen molar-refractivity contribution >= 4 is 5.76 Å². The second-order valence-electron chi connectivity index (χ2n) is 7.04. The van der Waals surface area contributed by atoms with Crippen LogP contribution in [0.25, 0.3) is 5.76 Å². The van der Waals surface area contributed by atoms with E-state index in [1.165, 1.54) is 22.3 Å². The molecule has 3 heteroatoms. The zero-order valence-corrected chi connectivity index (χ0v) is 14.3. The van der Waals surface area contributed by atoms with Crippen molar-refractivity contribution in [2.45, 2.75) is 46.0 Å². The van der Waals surface area contributed by atoms with Crippen LogP contribution in [0.1, 0.15) is 54.0 Å². The number of benzene rings is 1. The molecule has 0 atom stereocenters. The highest BCUT2D eigenvalue weighted by molar-refractivity contribution is 5.54. The summed E-state index contributed by atoms with van der Waals surface area (Å²) < 4.78 is 11.6. The van der Waals surface area contributed by atoms with Crippen LogP contribution in [0.4, 0.5) is 0 Å². The number of aryl methyl sites for hydroxylation is 1. The number of aliphatic hydroxyl groups excluding tert-OH is 1. The van der Waals surface area contributed by atoms with Gasteiger partial charge in [0.15, 0.2) is 11.5 Å². The van der Waals surface area contributed by atoms with Gasteiger partial charge in [0.05, 0.1) is 6.61 Å². The monoisotopic (exact) mass is 312 g/mol. The molecule has 1 aliphatic rings. The molecule has 1 aromatic carbocycles. The lowest BCUT2D eigenvalue weighted by molar-refractivity contribution is 0.233. The highest BCUT2D eigenvalue weighted by Gasteiger charge is 2.32. The minimum atomic E-state index is -0.0373. The molecule has 1 N–H and O–H groups in total. The van der Waals surface area contributed by atoms with Crippen LogP contribution in [0.5, 0.6) is 5.75 Å². The van der Waals surface area contributed by atoms with Crippen molar-refractivity contribution in [3.8, 4) is 5.75 Å². The van der Waals surface area contributed by atoms with Crippen molar-refractivity contribution in [2.75, 3.05) is 6.61 Å². The van der Waals surface area contributed by atoms with Crippen molar-refractivity contribution < 1.29 is 14.3 Å². The molecule has 1 aromatic heterocycles. The lowest BCUT2D eigenvalue weighted by atomic mass is 9.75. The second kappa shape index (κ2) is 5.48. The number of hydrogen-bond donors (Lipinski definition) is 1. The van der Waals surface area contributed by atoms with Gasteiger partial charge in [-0.3, -0.25) is 0 Å². The van der Waals surface area contributed by atoms with Gasteiger partial charge in [-0.15, -0.1) is 0 Å². The summed E-state index contributed by atoms with van der Waals surface area (Å²) in [6.45, 7) is 13.1. The van der Waals surface area contributed by atoms with Crippen LogP contribution in [-0.4, -0.2) is 11.7 Å². The topological polar surface area (TPSA) is 42.6 Å². The Bertz CT molecular complexity index is 765. The summed E-state index contributed by atoms with van der Waals surface area (Å²) in [5, 5.41) is 9.43. The normalized spacial score (nSPS) is 15.8. The van der Waals surface area contributed by atoms with Gasteiger partial charge in [-0.25, -0.2) is 0 Å². The van der Waals surface area contributed by atoms with Gasteiger partial charge in [0.1, 0.15) is 11.5 Å². The van der Waals surface area contributed by atoms with Gasteiger partial charge >= 0.3 is 0 Å². The Balaban J connectivity index is 2.04. The van der Waals surface area contributed by atoms with Crippen molar-refractivity contribution in [3.05, 3.63) is 58.6 Å². The van der Waals surface area contributed by atoms with Crippen LogP contribution in [0.15, 0.2) is 29.2 Å². The molecule has 0 bridgehead atoms. The maximum atomic E-state index is 9.43. The average Bonchev–Trinajstić information content (AvgIpc) is 2.91. The van der Waals surface area contributed by atoms with Gasteiger partial charge in [-0.1, -0.05) is 20.4 Å². The summed E-state index contributed by atoms with van der Waals surface area (Å²) >= 11 is 0. The smallest absolute Gasteiger partial charge is 0.168 e. The predicted octanol–water partition coefficient (Wildman–Crippen LogP) is 5.08. The van der Waals surface area contributed by atoms with E-state index in [1.807, 2.05) is 6.07 Å². The molecule has 0 amide bonds. The second-order valence-corrected chi connectivity index (χ2v) is 7.04. The van der Waals surface area contributed by atoms with Crippen LogP contribution >= 0.6 is 0 Å². The maximum Gasteiger partial charge on any atom is 0.168 e. The molecule has 0 aliphatic carbocycles. The molecule has 0 saturated carbocycles. The number of furan rings is 1. The number of fused-ring (bicyclic) bond motifs is 1. The Morgan fingerprint density at radius 1 is 1.30 bits per heavy atom. The molecule has 0 radical (unpaired) electrons. The third-order valence-electron chi connectivity index (χ3n) is 4.86. The first-order valence-electron chi connectivity index (χ1n) is 8.03. The van der Waals surface area contributed by atoms with E-state index in [9.17, 15) is 5.11 Å². The molecule has 1 aliphatic heterocycles. The Morgan fingerprint density at radius 2 is 2.04 bits per heavy atom. The average molecular weight is 312 g/mol. The molecule has 2 aromatic rings. The summed E-state index contributed by atoms with van der Waals surface area (Å²) in [5.74, 6) is 2.24. The quantitative estimate of drug-likeness (QED) is 0.804. The fourth-order valence-electron chi connectivity index (χ4n) is 3.56. The van der Waals surface area contributed by atoms with Crippen molar-refractivity contribution in [2.24, 2.45) is 0 Å². The summed E-state index contributed by atoms with van der Waals surface area (Å²) in [4.78, 5) is 0. The number of aliphatic hydroxyl groups is 1. The zero-order chi connectivity index (χ0) is 16.8. The Morgan fingerprint density at radius 3 is 2.70 bits per heavy atom.